The van der Waals surface area contributed by atoms with Gasteiger partial charge in [-0.25, -0.2) is 4.57 Å². The lowest BCUT2D eigenvalue weighted by molar-refractivity contribution is -0.688. The molecule has 0 saturated heterocycles. The highest BCUT2D eigenvalue weighted by Gasteiger charge is 2.07. The normalized spacial score (nSPS) is 10.3. The van der Waals surface area contributed by atoms with E-state index in [1.165, 1.54) is 5.56 Å². The number of nitrogens with zero attached hydrogens (tertiary/aromatic N) is 1. The molecule has 1 nitrogen and oxygen atoms in total. The third-order valence-electron chi connectivity index (χ3n) is 2.16. The Morgan fingerprint density at radius 1 is 0.933 bits per heavy atom. The van der Waals surface area contributed by atoms with Crippen LogP contribution in [0.25, 0.3) is 0 Å². The van der Waals surface area contributed by atoms with Crippen LogP contribution in [0.5, 0.6) is 0 Å². The highest BCUT2D eigenvalue weighted by Crippen LogP contribution is 2.26. The summed E-state index contributed by atoms with van der Waals surface area (Å²) in [4.78, 5) is 0. The monoisotopic (exact) mass is 326 g/mol. The van der Waals surface area contributed by atoms with Gasteiger partial charge in [0.05, 0.1) is 0 Å². The van der Waals surface area contributed by atoms with E-state index in [4.69, 9.17) is 0 Å². The van der Waals surface area contributed by atoms with Gasteiger partial charge >= 0.3 is 0 Å². The minimum absolute atomic E-state index is 0.876. The molecule has 0 aliphatic rings. The topological polar surface area (TPSA) is 3.88 Å². The summed E-state index contributed by atoms with van der Waals surface area (Å²) in [6.45, 7) is 0.876. The van der Waals surface area contributed by atoms with Gasteiger partial charge in [0.2, 0.25) is 0 Å². The Kier molecular flexibility index (Phi) is 3.54. The fourth-order valence-electron chi connectivity index (χ4n) is 1.41. The Morgan fingerprint density at radius 2 is 1.67 bits per heavy atom. The largest absolute Gasteiger partial charge is 0.201 e. The van der Waals surface area contributed by atoms with Gasteiger partial charge in [0, 0.05) is 26.6 Å². The molecule has 0 radical (unpaired) electrons. The van der Waals surface area contributed by atoms with Crippen molar-refractivity contribution in [1.82, 2.24) is 0 Å². The first-order valence-corrected chi connectivity index (χ1v) is 6.23. The van der Waals surface area contributed by atoms with E-state index in [-0.39, 0.29) is 0 Å². The second-order valence-electron chi connectivity index (χ2n) is 3.26. The Bertz CT molecular complexity index is 454. The highest BCUT2D eigenvalue weighted by atomic mass is 79.9. The molecule has 3 heteroatoms. The van der Waals surface area contributed by atoms with Gasteiger partial charge in [-0.3, -0.25) is 0 Å². The fraction of sp³-hybridized carbons (Fsp3) is 0.0833. The average Bonchev–Trinajstić information content (AvgIpc) is 2.26. The lowest BCUT2D eigenvalue weighted by atomic mass is 10.2. The van der Waals surface area contributed by atoms with Gasteiger partial charge in [-0.2, -0.15) is 0 Å². The van der Waals surface area contributed by atoms with E-state index in [0.29, 0.717) is 0 Å². The van der Waals surface area contributed by atoms with Crippen LogP contribution < -0.4 is 4.57 Å². The zero-order valence-electron chi connectivity index (χ0n) is 8.03. The van der Waals surface area contributed by atoms with E-state index < -0.39 is 0 Å². The van der Waals surface area contributed by atoms with Gasteiger partial charge in [-0.1, -0.05) is 18.2 Å². The number of hydrogen-bond donors (Lipinski definition) is 0. The predicted octanol–water partition coefficient (Wildman–Crippen LogP) is 3.55. The molecule has 76 valence electrons. The Labute approximate surface area is 106 Å². The third kappa shape index (κ3) is 2.67. The zero-order chi connectivity index (χ0) is 10.7. The molecule has 1 heterocycles. The van der Waals surface area contributed by atoms with E-state index in [0.717, 1.165) is 15.5 Å². The molecule has 2 aromatic rings. The van der Waals surface area contributed by atoms with Crippen LogP contribution in [0.4, 0.5) is 0 Å². The second-order valence-corrected chi connectivity index (χ2v) is 4.91. The van der Waals surface area contributed by atoms with E-state index in [1.807, 2.05) is 30.3 Å². The Balaban J connectivity index is 2.29. The highest BCUT2D eigenvalue weighted by molar-refractivity contribution is 9.13. The molecule has 0 bridgehead atoms. The molecule has 0 saturated carbocycles. The quantitative estimate of drug-likeness (QED) is 0.743. The number of halogens is 2. The Morgan fingerprint density at radius 3 is 2.40 bits per heavy atom. The first-order valence-electron chi connectivity index (χ1n) is 4.64. The lowest BCUT2D eigenvalue weighted by Crippen LogP contribution is -2.32. The van der Waals surface area contributed by atoms with Crippen LogP contribution in [-0.4, -0.2) is 0 Å². The maximum Gasteiger partial charge on any atom is 0.174 e. The summed E-state index contributed by atoms with van der Waals surface area (Å²) < 4.78 is 4.37. The van der Waals surface area contributed by atoms with E-state index in [9.17, 15) is 0 Å². The van der Waals surface area contributed by atoms with Crippen molar-refractivity contribution in [1.29, 1.82) is 0 Å². The molecule has 1 aromatic heterocycles. The summed E-state index contributed by atoms with van der Waals surface area (Å²) in [6, 6.07) is 12.3. The van der Waals surface area contributed by atoms with Crippen molar-refractivity contribution in [2.45, 2.75) is 6.54 Å². The number of rotatable bonds is 2. The molecular weight excluding hydrogens is 318 g/mol. The van der Waals surface area contributed by atoms with Crippen molar-refractivity contribution in [3.8, 4) is 0 Å². The molecule has 1 aromatic carbocycles. The SMILES string of the molecule is Brc1cccc(C[n+]2ccccc2)c1Br. The summed E-state index contributed by atoms with van der Waals surface area (Å²) in [5.41, 5.74) is 1.26. The van der Waals surface area contributed by atoms with Gasteiger partial charge < -0.3 is 0 Å². The summed E-state index contributed by atoms with van der Waals surface area (Å²) in [6.07, 6.45) is 4.13. The van der Waals surface area contributed by atoms with E-state index >= 15 is 0 Å². The number of aromatic nitrogens is 1. The number of hydrogen-bond acceptors (Lipinski definition) is 0. The predicted molar refractivity (Wildman–Crippen MR) is 67.6 cm³/mol. The van der Waals surface area contributed by atoms with Crippen LogP contribution in [0.3, 0.4) is 0 Å². The third-order valence-corrected chi connectivity index (χ3v) is 4.29. The molecule has 0 aliphatic carbocycles. The van der Waals surface area contributed by atoms with Gasteiger partial charge in [0.1, 0.15) is 0 Å². The van der Waals surface area contributed by atoms with Crippen molar-refractivity contribution >= 4 is 31.9 Å². The van der Waals surface area contributed by atoms with Crippen LogP contribution >= 0.6 is 31.9 Å². The van der Waals surface area contributed by atoms with Gasteiger partial charge in [0.25, 0.3) is 0 Å². The fourth-order valence-corrected chi connectivity index (χ4v) is 2.20. The average molecular weight is 328 g/mol. The second kappa shape index (κ2) is 4.90. The van der Waals surface area contributed by atoms with Gasteiger partial charge in [-0.15, -0.1) is 0 Å². The van der Waals surface area contributed by atoms with Gasteiger partial charge in [0.15, 0.2) is 18.9 Å². The maximum absolute atomic E-state index is 3.58. The first kappa shape index (κ1) is 10.8. The minimum atomic E-state index is 0.876. The van der Waals surface area contributed by atoms with Crippen LogP contribution in [0.2, 0.25) is 0 Å². The summed E-state index contributed by atoms with van der Waals surface area (Å²) in [5.74, 6) is 0. The molecule has 0 unspecified atom stereocenters. The van der Waals surface area contributed by atoms with Crippen molar-refractivity contribution in [3.63, 3.8) is 0 Å². The molecule has 0 amide bonds. The van der Waals surface area contributed by atoms with Gasteiger partial charge in [-0.05, 0) is 37.9 Å². The first-order chi connectivity index (χ1) is 7.27. The molecule has 0 N–H and O–H groups in total. The molecule has 15 heavy (non-hydrogen) atoms. The zero-order valence-corrected chi connectivity index (χ0v) is 11.2. The van der Waals surface area contributed by atoms with Crippen LogP contribution in [0, 0.1) is 0 Å². The minimum Gasteiger partial charge on any atom is -0.201 e. The molecule has 0 aliphatic heterocycles. The summed E-state index contributed by atoms with van der Waals surface area (Å²) >= 11 is 7.08. The van der Waals surface area contributed by atoms with Crippen LogP contribution in [0.1, 0.15) is 5.56 Å². The lowest BCUT2D eigenvalue weighted by Gasteiger charge is -2.02. The van der Waals surface area contributed by atoms with Crippen molar-refractivity contribution in [2.75, 3.05) is 0 Å². The van der Waals surface area contributed by atoms with Crippen molar-refractivity contribution < 1.29 is 4.57 Å². The van der Waals surface area contributed by atoms with E-state index in [2.05, 4.69) is 54.9 Å². The van der Waals surface area contributed by atoms with Crippen molar-refractivity contribution in [3.05, 3.63) is 63.3 Å². The number of pyridine rings is 1. The standard InChI is InChI=1S/C12H10Br2N/c13-11-6-4-5-10(12(11)14)9-15-7-2-1-3-8-15/h1-8H,9H2/q+1. The molecule has 0 atom stereocenters. The molecule has 0 spiro atoms. The summed E-state index contributed by atoms with van der Waals surface area (Å²) in [7, 11) is 0. The molecule has 0 fully saturated rings. The van der Waals surface area contributed by atoms with E-state index in [1.54, 1.807) is 0 Å². The van der Waals surface area contributed by atoms with Crippen LogP contribution in [0.15, 0.2) is 57.7 Å². The molecular formula is C12H10Br2N+. The van der Waals surface area contributed by atoms with Crippen molar-refractivity contribution in [2.24, 2.45) is 0 Å². The maximum atomic E-state index is 3.58. The smallest absolute Gasteiger partial charge is 0.174 e. The Hall–Kier alpha value is -0.670. The van der Waals surface area contributed by atoms with Crippen LogP contribution in [-0.2, 0) is 6.54 Å². The summed E-state index contributed by atoms with van der Waals surface area (Å²) in [5, 5.41) is 0. The molecule has 2 rings (SSSR count). The number of benzene rings is 1.